The van der Waals surface area contributed by atoms with Gasteiger partial charge in [0.15, 0.2) is 11.4 Å². The van der Waals surface area contributed by atoms with Gasteiger partial charge in [-0.25, -0.2) is 0 Å². The summed E-state index contributed by atoms with van der Waals surface area (Å²) in [6, 6.07) is 9.17. The van der Waals surface area contributed by atoms with Gasteiger partial charge >= 0.3 is 0 Å². The fraction of sp³-hybridized carbons (Fsp3) is 0.286. The molecule has 1 amide bonds. The molecule has 0 aliphatic carbocycles. The van der Waals surface area contributed by atoms with Gasteiger partial charge in [-0.2, -0.15) is 0 Å². The summed E-state index contributed by atoms with van der Waals surface area (Å²) in [5.74, 6) is 0.184. The Morgan fingerprint density at radius 3 is 2.90 bits per heavy atom. The molecule has 0 spiro atoms. The van der Waals surface area contributed by atoms with Gasteiger partial charge in [-0.1, -0.05) is 33.2 Å². The highest BCUT2D eigenvalue weighted by atomic mass is 79.9. The average molecular weight is 337 g/mol. The SMILES string of the molecule is CN1CC[C@](O)(c2cc(-c3cccc(Br)c3)on2)C1=O. The van der Waals surface area contributed by atoms with E-state index in [0.717, 1.165) is 10.0 Å². The van der Waals surface area contributed by atoms with Crippen molar-refractivity contribution in [2.24, 2.45) is 0 Å². The minimum Gasteiger partial charge on any atom is -0.374 e. The number of aliphatic hydroxyl groups is 1. The first kappa shape index (κ1) is 13.3. The van der Waals surface area contributed by atoms with Crippen molar-refractivity contribution in [2.75, 3.05) is 13.6 Å². The van der Waals surface area contributed by atoms with Crippen LogP contribution in [-0.2, 0) is 10.4 Å². The van der Waals surface area contributed by atoms with Gasteiger partial charge in [0, 0.05) is 36.1 Å². The van der Waals surface area contributed by atoms with Crippen molar-refractivity contribution in [3.05, 3.63) is 40.5 Å². The second-order valence-corrected chi connectivity index (χ2v) is 5.84. The minimum absolute atomic E-state index is 0.266. The van der Waals surface area contributed by atoms with Crippen LogP contribution in [0.15, 0.2) is 39.3 Å². The minimum atomic E-state index is -1.57. The van der Waals surface area contributed by atoms with E-state index in [1.807, 2.05) is 24.3 Å². The Bertz CT molecular complexity index is 670. The van der Waals surface area contributed by atoms with Crippen LogP contribution >= 0.6 is 15.9 Å². The zero-order valence-corrected chi connectivity index (χ0v) is 12.4. The molecule has 1 saturated heterocycles. The van der Waals surface area contributed by atoms with Crippen molar-refractivity contribution >= 4 is 21.8 Å². The van der Waals surface area contributed by atoms with Gasteiger partial charge in [0.1, 0.15) is 5.69 Å². The Labute approximate surface area is 124 Å². The number of halogens is 1. The lowest BCUT2D eigenvalue weighted by atomic mass is 9.97. The summed E-state index contributed by atoms with van der Waals surface area (Å²) in [6.45, 7) is 0.508. The molecule has 0 bridgehead atoms. The first-order valence-electron chi connectivity index (χ1n) is 6.22. The fourth-order valence-corrected chi connectivity index (χ4v) is 2.74. The van der Waals surface area contributed by atoms with Gasteiger partial charge < -0.3 is 14.5 Å². The number of amides is 1. The van der Waals surface area contributed by atoms with E-state index in [1.165, 1.54) is 4.90 Å². The third-order valence-electron chi connectivity index (χ3n) is 3.55. The van der Waals surface area contributed by atoms with Gasteiger partial charge in [0.05, 0.1) is 0 Å². The molecular formula is C14H13BrN2O3. The summed E-state index contributed by atoms with van der Waals surface area (Å²) in [5.41, 5.74) is -0.468. The number of rotatable bonds is 2. The third-order valence-corrected chi connectivity index (χ3v) is 4.05. The molecule has 0 radical (unpaired) electrons. The summed E-state index contributed by atoms with van der Waals surface area (Å²) in [7, 11) is 1.66. The Morgan fingerprint density at radius 1 is 1.45 bits per heavy atom. The summed E-state index contributed by atoms with van der Waals surface area (Å²) >= 11 is 3.39. The van der Waals surface area contributed by atoms with Crippen molar-refractivity contribution < 1.29 is 14.4 Å². The topological polar surface area (TPSA) is 66.6 Å². The predicted molar refractivity (Wildman–Crippen MR) is 75.8 cm³/mol. The molecule has 2 aromatic rings. The Kier molecular flexibility index (Phi) is 3.14. The first-order valence-corrected chi connectivity index (χ1v) is 7.01. The maximum atomic E-state index is 12.0. The van der Waals surface area contributed by atoms with Crippen molar-refractivity contribution in [2.45, 2.75) is 12.0 Å². The summed E-state index contributed by atoms with van der Waals surface area (Å²) in [5, 5.41) is 14.4. The smallest absolute Gasteiger partial charge is 0.260 e. The number of likely N-dealkylation sites (tertiary alicyclic amines) is 1. The molecule has 1 aliphatic heterocycles. The molecule has 1 N–H and O–H groups in total. The molecule has 1 aromatic carbocycles. The Balaban J connectivity index is 1.97. The van der Waals surface area contributed by atoms with E-state index in [2.05, 4.69) is 21.1 Å². The number of nitrogens with zero attached hydrogens (tertiary/aromatic N) is 2. The predicted octanol–water partition coefficient (Wildman–Crippen LogP) is 2.15. The molecule has 1 aliphatic rings. The quantitative estimate of drug-likeness (QED) is 0.912. The van der Waals surface area contributed by atoms with Gasteiger partial charge in [0.2, 0.25) is 0 Å². The average Bonchev–Trinajstić information content (AvgIpc) is 3.02. The molecule has 3 rings (SSSR count). The molecule has 1 aromatic heterocycles. The standard InChI is InChI=1S/C14H13BrN2O3/c1-17-6-5-14(19,13(17)18)12-8-11(20-16-12)9-3-2-4-10(15)7-9/h2-4,7-8,19H,5-6H2,1H3/t14-/m0/s1. The van der Waals surface area contributed by atoms with Crippen molar-refractivity contribution in [3.63, 3.8) is 0 Å². The zero-order valence-electron chi connectivity index (χ0n) is 10.8. The first-order chi connectivity index (χ1) is 9.50. The van der Waals surface area contributed by atoms with Gasteiger partial charge in [-0.3, -0.25) is 4.79 Å². The van der Waals surface area contributed by atoms with E-state index in [4.69, 9.17) is 4.52 Å². The van der Waals surface area contributed by atoms with E-state index in [1.54, 1.807) is 13.1 Å². The summed E-state index contributed by atoms with van der Waals surface area (Å²) in [6.07, 6.45) is 0.326. The third kappa shape index (κ3) is 2.05. The number of aromatic nitrogens is 1. The second kappa shape index (κ2) is 4.71. The molecule has 20 heavy (non-hydrogen) atoms. The van der Waals surface area contributed by atoms with Crippen LogP contribution in [0.25, 0.3) is 11.3 Å². The van der Waals surface area contributed by atoms with Crippen molar-refractivity contribution in [1.82, 2.24) is 10.1 Å². The molecule has 1 fully saturated rings. The molecule has 2 heterocycles. The summed E-state index contributed by atoms with van der Waals surface area (Å²) in [4.78, 5) is 13.5. The Hall–Kier alpha value is -1.66. The Morgan fingerprint density at radius 2 is 2.25 bits per heavy atom. The van der Waals surface area contributed by atoms with Crippen LogP contribution in [0.3, 0.4) is 0 Å². The highest BCUT2D eigenvalue weighted by Crippen LogP contribution is 2.34. The number of carbonyl (C=O) groups excluding carboxylic acids is 1. The van der Waals surface area contributed by atoms with E-state index >= 15 is 0 Å². The van der Waals surface area contributed by atoms with Crippen LogP contribution in [0.2, 0.25) is 0 Å². The normalized spacial score (nSPS) is 22.6. The molecule has 0 saturated carbocycles. The summed E-state index contributed by atoms with van der Waals surface area (Å²) < 4.78 is 6.19. The number of hydrogen-bond donors (Lipinski definition) is 1. The van der Waals surface area contributed by atoms with Crippen LogP contribution < -0.4 is 0 Å². The number of hydrogen-bond acceptors (Lipinski definition) is 4. The lowest BCUT2D eigenvalue weighted by Crippen LogP contribution is -2.36. The lowest BCUT2D eigenvalue weighted by molar-refractivity contribution is -0.143. The van der Waals surface area contributed by atoms with Gasteiger partial charge in [-0.05, 0) is 12.1 Å². The highest BCUT2D eigenvalue weighted by molar-refractivity contribution is 9.10. The largest absolute Gasteiger partial charge is 0.374 e. The highest BCUT2D eigenvalue weighted by Gasteiger charge is 2.47. The molecule has 6 heteroatoms. The van der Waals surface area contributed by atoms with E-state index in [9.17, 15) is 9.90 Å². The lowest BCUT2D eigenvalue weighted by Gasteiger charge is -2.16. The van der Waals surface area contributed by atoms with E-state index in [-0.39, 0.29) is 11.6 Å². The number of carbonyl (C=O) groups is 1. The fourth-order valence-electron chi connectivity index (χ4n) is 2.34. The maximum absolute atomic E-state index is 12.0. The van der Waals surface area contributed by atoms with Crippen LogP contribution in [0.1, 0.15) is 12.1 Å². The molecular weight excluding hydrogens is 324 g/mol. The maximum Gasteiger partial charge on any atom is 0.260 e. The van der Waals surface area contributed by atoms with Gasteiger partial charge in [-0.15, -0.1) is 0 Å². The number of likely N-dealkylation sites (N-methyl/N-ethyl adjacent to an activating group) is 1. The van der Waals surface area contributed by atoms with Crippen molar-refractivity contribution in [3.8, 4) is 11.3 Å². The second-order valence-electron chi connectivity index (χ2n) is 4.92. The zero-order chi connectivity index (χ0) is 14.3. The molecule has 1 atom stereocenters. The monoisotopic (exact) mass is 336 g/mol. The molecule has 0 unspecified atom stereocenters. The molecule has 104 valence electrons. The van der Waals surface area contributed by atoms with E-state index in [0.29, 0.717) is 18.7 Å². The van der Waals surface area contributed by atoms with Gasteiger partial charge in [0.25, 0.3) is 5.91 Å². The van der Waals surface area contributed by atoms with Crippen LogP contribution in [0.5, 0.6) is 0 Å². The van der Waals surface area contributed by atoms with Crippen LogP contribution in [0, 0.1) is 0 Å². The van der Waals surface area contributed by atoms with Crippen molar-refractivity contribution in [1.29, 1.82) is 0 Å². The van der Waals surface area contributed by atoms with Crippen LogP contribution in [-0.4, -0.2) is 34.7 Å². The van der Waals surface area contributed by atoms with E-state index < -0.39 is 5.60 Å². The number of benzene rings is 1. The van der Waals surface area contributed by atoms with Crippen LogP contribution in [0.4, 0.5) is 0 Å². The molecule has 5 nitrogen and oxygen atoms in total.